The number of anilines is 1. The number of pyridine rings is 1. The molecule has 84 valence electrons. The van der Waals surface area contributed by atoms with E-state index >= 15 is 0 Å². The molecule has 1 aromatic carbocycles. The lowest BCUT2D eigenvalue weighted by molar-refractivity contribution is 0.849. The highest BCUT2D eigenvalue weighted by Crippen LogP contribution is 2.19. The van der Waals surface area contributed by atoms with Crippen molar-refractivity contribution in [2.45, 2.75) is 19.8 Å². The predicted molar refractivity (Wildman–Crippen MR) is 68.2 cm³/mol. The maximum atomic E-state index is 11.8. The number of H-pyrrole nitrogens is 1. The average Bonchev–Trinajstić information content (AvgIpc) is 2.27. The van der Waals surface area contributed by atoms with Crippen molar-refractivity contribution in [3.63, 3.8) is 0 Å². The number of aromatic nitrogens is 1. The summed E-state index contributed by atoms with van der Waals surface area (Å²) in [5.74, 6) is 0.247. The van der Waals surface area contributed by atoms with Crippen molar-refractivity contribution in [1.29, 1.82) is 0 Å². The first kappa shape index (κ1) is 10.7. The van der Waals surface area contributed by atoms with Gasteiger partial charge in [0.25, 0.3) is 5.56 Å². The van der Waals surface area contributed by atoms with E-state index in [1.165, 1.54) is 0 Å². The Morgan fingerprint density at radius 3 is 2.62 bits per heavy atom. The van der Waals surface area contributed by atoms with Crippen LogP contribution in [-0.4, -0.2) is 12.0 Å². The van der Waals surface area contributed by atoms with Gasteiger partial charge in [0.1, 0.15) is 0 Å². The molecule has 0 aliphatic rings. The Morgan fingerprint density at radius 1 is 1.25 bits per heavy atom. The number of hydrogen-bond donors (Lipinski definition) is 2. The van der Waals surface area contributed by atoms with Crippen LogP contribution in [0.2, 0.25) is 0 Å². The van der Waals surface area contributed by atoms with Crippen LogP contribution in [0.1, 0.15) is 25.3 Å². The summed E-state index contributed by atoms with van der Waals surface area (Å²) in [5, 5.41) is 4.13. The highest BCUT2D eigenvalue weighted by molar-refractivity contribution is 5.82. The molecular weight excluding hydrogens is 200 g/mol. The van der Waals surface area contributed by atoms with Gasteiger partial charge in [0.15, 0.2) is 0 Å². The van der Waals surface area contributed by atoms with Crippen LogP contribution in [0.25, 0.3) is 10.9 Å². The van der Waals surface area contributed by atoms with Crippen LogP contribution in [0.15, 0.2) is 29.1 Å². The maximum absolute atomic E-state index is 11.8. The van der Waals surface area contributed by atoms with Crippen LogP contribution in [-0.2, 0) is 0 Å². The van der Waals surface area contributed by atoms with Crippen molar-refractivity contribution < 1.29 is 0 Å². The second-order valence-electron chi connectivity index (χ2n) is 4.26. The summed E-state index contributed by atoms with van der Waals surface area (Å²) >= 11 is 0. The number of fused-ring (bicyclic) bond motifs is 1. The number of nitrogens with one attached hydrogen (secondary N) is 2. The quantitative estimate of drug-likeness (QED) is 0.810. The first-order valence-corrected chi connectivity index (χ1v) is 5.46. The first-order chi connectivity index (χ1) is 7.61. The summed E-state index contributed by atoms with van der Waals surface area (Å²) in [6.07, 6.45) is 0. The van der Waals surface area contributed by atoms with Crippen molar-refractivity contribution in [2.24, 2.45) is 0 Å². The van der Waals surface area contributed by atoms with E-state index in [9.17, 15) is 4.79 Å². The molecule has 2 aromatic rings. The van der Waals surface area contributed by atoms with E-state index in [0.717, 1.165) is 22.2 Å². The van der Waals surface area contributed by atoms with E-state index in [-0.39, 0.29) is 11.5 Å². The summed E-state index contributed by atoms with van der Waals surface area (Å²) in [4.78, 5) is 14.7. The van der Waals surface area contributed by atoms with Crippen LogP contribution < -0.4 is 10.9 Å². The van der Waals surface area contributed by atoms with Gasteiger partial charge in [-0.05, 0) is 29.5 Å². The minimum Gasteiger partial charge on any atom is -0.388 e. The highest BCUT2D eigenvalue weighted by atomic mass is 16.1. The summed E-state index contributed by atoms with van der Waals surface area (Å²) in [5.41, 5.74) is 2.72. The molecule has 0 aliphatic carbocycles. The number of aromatic amines is 1. The lowest BCUT2D eigenvalue weighted by atomic mass is 10.0. The van der Waals surface area contributed by atoms with Gasteiger partial charge < -0.3 is 10.3 Å². The van der Waals surface area contributed by atoms with E-state index in [1.807, 2.05) is 45.2 Å². The summed E-state index contributed by atoms with van der Waals surface area (Å²) in [6.45, 7) is 4.05. The monoisotopic (exact) mass is 216 g/mol. The third-order valence-corrected chi connectivity index (χ3v) is 2.79. The molecular formula is C13H16N2O. The predicted octanol–water partition coefficient (Wildman–Crippen LogP) is 2.69. The van der Waals surface area contributed by atoms with Gasteiger partial charge in [-0.1, -0.05) is 19.9 Å². The molecule has 0 unspecified atom stereocenters. The van der Waals surface area contributed by atoms with Crippen LogP contribution in [0.3, 0.4) is 0 Å². The molecule has 2 N–H and O–H groups in total. The third kappa shape index (κ3) is 1.81. The molecule has 3 nitrogen and oxygen atoms in total. The first-order valence-electron chi connectivity index (χ1n) is 5.46. The number of rotatable bonds is 2. The molecule has 2 rings (SSSR count). The molecule has 0 radical (unpaired) electrons. The molecule has 1 aromatic heterocycles. The molecule has 16 heavy (non-hydrogen) atoms. The van der Waals surface area contributed by atoms with Crippen molar-refractivity contribution in [1.82, 2.24) is 4.98 Å². The van der Waals surface area contributed by atoms with Crippen LogP contribution in [0.4, 0.5) is 5.69 Å². The topological polar surface area (TPSA) is 44.9 Å². The number of hydrogen-bond acceptors (Lipinski definition) is 2. The molecule has 0 saturated carbocycles. The zero-order valence-corrected chi connectivity index (χ0v) is 9.79. The summed E-state index contributed by atoms with van der Waals surface area (Å²) < 4.78 is 0. The minimum atomic E-state index is 0.00996. The Bertz CT molecular complexity index is 570. The van der Waals surface area contributed by atoms with Crippen molar-refractivity contribution in [2.75, 3.05) is 12.4 Å². The Labute approximate surface area is 94.5 Å². The summed E-state index contributed by atoms with van der Waals surface area (Å²) in [6, 6.07) is 7.94. The Hall–Kier alpha value is -1.77. The van der Waals surface area contributed by atoms with E-state index in [0.29, 0.717) is 0 Å². The lowest BCUT2D eigenvalue weighted by Crippen LogP contribution is -2.13. The average molecular weight is 216 g/mol. The van der Waals surface area contributed by atoms with Gasteiger partial charge in [0.2, 0.25) is 0 Å². The fraction of sp³-hybridized carbons (Fsp3) is 0.308. The van der Waals surface area contributed by atoms with Crippen LogP contribution in [0.5, 0.6) is 0 Å². The van der Waals surface area contributed by atoms with E-state index in [4.69, 9.17) is 0 Å². The molecule has 3 heteroatoms. The van der Waals surface area contributed by atoms with Crippen LogP contribution in [0, 0.1) is 0 Å². The van der Waals surface area contributed by atoms with Gasteiger partial charge in [0.05, 0.1) is 5.52 Å². The standard InChI is InChI=1S/C13H16N2O/c1-8(2)11-6-9-4-5-10(14-3)7-12(9)15-13(11)16/h4-8,14H,1-3H3,(H,15,16). The molecule has 0 spiro atoms. The fourth-order valence-electron chi connectivity index (χ4n) is 1.80. The fourth-order valence-corrected chi connectivity index (χ4v) is 1.80. The third-order valence-electron chi connectivity index (χ3n) is 2.79. The van der Waals surface area contributed by atoms with Crippen molar-refractivity contribution >= 4 is 16.6 Å². The maximum Gasteiger partial charge on any atom is 0.251 e. The molecule has 0 fully saturated rings. The molecule has 0 aliphatic heterocycles. The second kappa shape index (κ2) is 4.00. The lowest BCUT2D eigenvalue weighted by Gasteiger charge is -2.07. The summed E-state index contributed by atoms with van der Waals surface area (Å²) in [7, 11) is 1.86. The van der Waals surface area contributed by atoms with Gasteiger partial charge >= 0.3 is 0 Å². The molecule has 1 heterocycles. The molecule has 0 amide bonds. The Kier molecular flexibility index (Phi) is 2.69. The van der Waals surface area contributed by atoms with Gasteiger partial charge in [0, 0.05) is 18.3 Å². The van der Waals surface area contributed by atoms with Gasteiger partial charge in [-0.3, -0.25) is 4.79 Å². The van der Waals surface area contributed by atoms with Gasteiger partial charge in [-0.2, -0.15) is 0 Å². The Balaban J connectivity index is 2.69. The largest absolute Gasteiger partial charge is 0.388 e. The van der Waals surface area contributed by atoms with Crippen molar-refractivity contribution in [3.8, 4) is 0 Å². The van der Waals surface area contributed by atoms with Gasteiger partial charge in [-0.15, -0.1) is 0 Å². The van der Waals surface area contributed by atoms with Crippen LogP contribution >= 0.6 is 0 Å². The molecule has 0 bridgehead atoms. The van der Waals surface area contributed by atoms with Gasteiger partial charge in [-0.25, -0.2) is 0 Å². The SMILES string of the molecule is CNc1ccc2cc(C(C)C)c(=O)[nH]c2c1. The van der Waals surface area contributed by atoms with E-state index in [2.05, 4.69) is 10.3 Å². The minimum absolute atomic E-state index is 0.00996. The zero-order chi connectivity index (χ0) is 11.7. The smallest absolute Gasteiger partial charge is 0.251 e. The van der Waals surface area contributed by atoms with E-state index in [1.54, 1.807) is 0 Å². The normalized spacial score (nSPS) is 11.0. The Morgan fingerprint density at radius 2 is 2.00 bits per heavy atom. The molecule has 0 saturated heterocycles. The zero-order valence-electron chi connectivity index (χ0n) is 9.79. The van der Waals surface area contributed by atoms with E-state index < -0.39 is 0 Å². The highest BCUT2D eigenvalue weighted by Gasteiger charge is 2.06. The second-order valence-corrected chi connectivity index (χ2v) is 4.26. The number of benzene rings is 1. The molecule has 0 atom stereocenters. The van der Waals surface area contributed by atoms with Crippen molar-refractivity contribution in [3.05, 3.63) is 40.2 Å².